The maximum absolute atomic E-state index is 12.6. The summed E-state index contributed by atoms with van der Waals surface area (Å²) in [4.78, 5) is 36.4. The van der Waals surface area contributed by atoms with E-state index in [4.69, 9.17) is 4.74 Å². The van der Waals surface area contributed by atoms with Crippen molar-refractivity contribution >= 4 is 23.7 Å². The summed E-state index contributed by atoms with van der Waals surface area (Å²) in [7, 11) is 0. The molecule has 3 rings (SSSR count). The number of benzene rings is 2. The summed E-state index contributed by atoms with van der Waals surface area (Å²) in [6.07, 6.45) is 1.31. The molecule has 1 saturated heterocycles. The second kappa shape index (κ2) is 8.01. The van der Waals surface area contributed by atoms with Crippen LogP contribution >= 0.6 is 0 Å². The third-order valence-corrected chi connectivity index (χ3v) is 4.31. The van der Waals surface area contributed by atoms with Gasteiger partial charge in [-0.3, -0.25) is 19.8 Å². The van der Waals surface area contributed by atoms with Crippen molar-refractivity contribution < 1.29 is 24.4 Å². The van der Waals surface area contributed by atoms with Crippen molar-refractivity contribution in [2.75, 3.05) is 6.61 Å². The lowest BCUT2D eigenvalue weighted by Gasteiger charge is -2.11. The summed E-state index contributed by atoms with van der Waals surface area (Å²) >= 11 is 0. The molecule has 9 nitrogen and oxygen atoms in total. The number of aryl methyl sites for hydroxylation is 1. The first kappa shape index (κ1) is 19.9. The number of urea groups is 1. The fourth-order valence-corrected chi connectivity index (χ4v) is 2.86. The Hall–Kier alpha value is -3.88. The molecule has 0 unspecified atom stereocenters. The number of nitro groups is 1. The standard InChI is InChI=1S/C20H19N3O6/c1-3-29-17-10-14(9-16(18(17)24)23(27)28)8-15-19(25)22(20(26)21-15)11-13-6-4-12(2)5-7-13/h4-10,24H,3,11H2,1-2H3,(H,21,26)/b15-8+. The lowest BCUT2D eigenvalue weighted by atomic mass is 10.1. The molecule has 1 fully saturated rings. The number of nitrogens with zero attached hydrogens (tertiary/aromatic N) is 2. The molecule has 29 heavy (non-hydrogen) atoms. The second-order valence-corrected chi connectivity index (χ2v) is 6.44. The van der Waals surface area contributed by atoms with Gasteiger partial charge in [-0.05, 0) is 37.1 Å². The van der Waals surface area contributed by atoms with Crippen molar-refractivity contribution in [2.24, 2.45) is 0 Å². The smallest absolute Gasteiger partial charge is 0.329 e. The molecule has 1 heterocycles. The monoisotopic (exact) mass is 397 g/mol. The number of hydrogen-bond acceptors (Lipinski definition) is 6. The number of carbonyl (C=O) groups is 2. The molecule has 2 aromatic carbocycles. The van der Waals surface area contributed by atoms with Gasteiger partial charge < -0.3 is 15.2 Å². The molecule has 0 radical (unpaired) electrons. The van der Waals surface area contributed by atoms with Crippen LogP contribution in [0.25, 0.3) is 6.08 Å². The zero-order chi connectivity index (χ0) is 21.1. The Morgan fingerprint density at radius 1 is 1.24 bits per heavy atom. The number of nitro benzene ring substituents is 1. The van der Waals surface area contributed by atoms with E-state index < -0.39 is 28.3 Å². The predicted molar refractivity (Wildman–Crippen MR) is 104 cm³/mol. The molecule has 1 aliphatic rings. The molecular formula is C20H19N3O6. The van der Waals surface area contributed by atoms with Crippen LogP contribution in [0.2, 0.25) is 0 Å². The molecule has 2 N–H and O–H groups in total. The van der Waals surface area contributed by atoms with Gasteiger partial charge in [0.05, 0.1) is 18.1 Å². The quantitative estimate of drug-likeness (QED) is 0.334. The van der Waals surface area contributed by atoms with Gasteiger partial charge in [-0.2, -0.15) is 0 Å². The molecule has 0 saturated carbocycles. The Bertz CT molecular complexity index is 1010. The van der Waals surface area contributed by atoms with Crippen molar-refractivity contribution in [3.8, 4) is 11.5 Å². The molecule has 0 atom stereocenters. The third-order valence-electron chi connectivity index (χ3n) is 4.31. The topological polar surface area (TPSA) is 122 Å². The molecule has 0 bridgehead atoms. The van der Waals surface area contributed by atoms with Crippen molar-refractivity contribution in [1.29, 1.82) is 0 Å². The van der Waals surface area contributed by atoms with Crippen LogP contribution in [0.4, 0.5) is 10.5 Å². The fourth-order valence-electron chi connectivity index (χ4n) is 2.86. The highest BCUT2D eigenvalue weighted by molar-refractivity contribution is 6.13. The van der Waals surface area contributed by atoms with Gasteiger partial charge in [0, 0.05) is 6.07 Å². The van der Waals surface area contributed by atoms with Gasteiger partial charge in [0.25, 0.3) is 5.91 Å². The van der Waals surface area contributed by atoms with Gasteiger partial charge >= 0.3 is 11.7 Å². The number of rotatable bonds is 6. The summed E-state index contributed by atoms with van der Waals surface area (Å²) in [5.74, 6) is -1.23. The second-order valence-electron chi connectivity index (χ2n) is 6.44. The van der Waals surface area contributed by atoms with Gasteiger partial charge in [0.2, 0.25) is 5.75 Å². The van der Waals surface area contributed by atoms with E-state index in [0.29, 0.717) is 0 Å². The molecule has 0 spiro atoms. The average Bonchev–Trinajstić information content (AvgIpc) is 2.93. The minimum Gasteiger partial charge on any atom is -0.500 e. The van der Waals surface area contributed by atoms with E-state index in [2.05, 4.69) is 5.32 Å². The highest BCUT2D eigenvalue weighted by atomic mass is 16.6. The molecule has 150 valence electrons. The van der Waals surface area contributed by atoms with Crippen LogP contribution in [0.3, 0.4) is 0 Å². The average molecular weight is 397 g/mol. The van der Waals surface area contributed by atoms with Gasteiger partial charge in [-0.1, -0.05) is 29.8 Å². The molecule has 1 aliphatic heterocycles. The predicted octanol–water partition coefficient (Wildman–Crippen LogP) is 3.10. The van der Waals surface area contributed by atoms with Gasteiger partial charge in [0.1, 0.15) is 5.70 Å². The Morgan fingerprint density at radius 3 is 2.55 bits per heavy atom. The molecule has 9 heteroatoms. The van der Waals surface area contributed by atoms with Crippen LogP contribution < -0.4 is 10.1 Å². The SMILES string of the molecule is CCOc1cc(/C=C2/NC(=O)N(Cc3ccc(C)cc3)C2=O)cc([N+](=O)[O-])c1O. The fraction of sp³-hybridized carbons (Fsp3) is 0.200. The van der Waals surface area contributed by atoms with E-state index in [9.17, 15) is 24.8 Å². The summed E-state index contributed by atoms with van der Waals surface area (Å²) in [6.45, 7) is 3.89. The summed E-state index contributed by atoms with van der Waals surface area (Å²) in [5.41, 5.74) is 1.50. The summed E-state index contributed by atoms with van der Waals surface area (Å²) in [5, 5.41) is 23.6. The van der Waals surface area contributed by atoms with Crippen LogP contribution in [-0.2, 0) is 11.3 Å². The van der Waals surface area contributed by atoms with Gasteiger partial charge in [-0.25, -0.2) is 4.79 Å². The van der Waals surface area contributed by atoms with E-state index in [1.807, 2.05) is 31.2 Å². The highest BCUT2D eigenvalue weighted by Crippen LogP contribution is 2.37. The number of nitrogens with one attached hydrogen (secondary N) is 1. The van der Waals surface area contributed by atoms with Crippen LogP contribution in [0.1, 0.15) is 23.6 Å². The Kier molecular flexibility index (Phi) is 5.49. The molecule has 2 aromatic rings. The van der Waals surface area contributed by atoms with Crippen molar-refractivity contribution in [1.82, 2.24) is 10.2 Å². The molecular weight excluding hydrogens is 378 g/mol. The van der Waals surface area contributed by atoms with Crippen molar-refractivity contribution in [2.45, 2.75) is 20.4 Å². The van der Waals surface area contributed by atoms with E-state index >= 15 is 0 Å². The van der Waals surface area contributed by atoms with E-state index in [0.717, 1.165) is 22.1 Å². The maximum Gasteiger partial charge on any atom is 0.329 e. The van der Waals surface area contributed by atoms with Crippen LogP contribution in [0, 0.1) is 17.0 Å². The Labute approximate surface area is 166 Å². The van der Waals surface area contributed by atoms with Gasteiger partial charge in [-0.15, -0.1) is 0 Å². The number of amides is 3. The number of phenolic OH excluding ortho intramolecular Hbond substituents is 1. The summed E-state index contributed by atoms with van der Waals surface area (Å²) < 4.78 is 5.22. The van der Waals surface area contributed by atoms with E-state index in [-0.39, 0.29) is 30.2 Å². The lowest BCUT2D eigenvalue weighted by molar-refractivity contribution is -0.386. The first-order valence-electron chi connectivity index (χ1n) is 8.84. The van der Waals surface area contributed by atoms with E-state index in [1.54, 1.807) is 6.92 Å². The van der Waals surface area contributed by atoms with E-state index in [1.165, 1.54) is 12.1 Å². The largest absolute Gasteiger partial charge is 0.500 e. The Balaban J connectivity index is 1.90. The molecule has 3 amide bonds. The minimum atomic E-state index is -0.751. The van der Waals surface area contributed by atoms with Crippen molar-refractivity contribution in [3.05, 3.63) is 68.9 Å². The number of phenols is 1. The first-order valence-corrected chi connectivity index (χ1v) is 8.84. The van der Waals surface area contributed by atoms with Gasteiger partial charge in [0.15, 0.2) is 5.75 Å². The van der Waals surface area contributed by atoms with Crippen LogP contribution in [0.15, 0.2) is 42.1 Å². The zero-order valence-corrected chi connectivity index (χ0v) is 15.8. The maximum atomic E-state index is 12.6. The highest BCUT2D eigenvalue weighted by Gasteiger charge is 2.33. The lowest BCUT2D eigenvalue weighted by Crippen LogP contribution is -2.30. The molecule has 0 aliphatic carbocycles. The first-order chi connectivity index (χ1) is 13.8. The zero-order valence-electron chi connectivity index (χ0n) is 15.8. The number of carbonyl (C=O) groups excluding carboxylic acids is 2. The Morgan fingerprint density at radius 2 is 1.93 bits per heavy atom. The number of ether oxygens (including phenoxy) is 1. The third kappa shape index (κ3) is 4.18. The minimum absolute atomic E-state index is 0.0236. The van der Waals surface area contributed by atoms with Crippen LogP contribution in [-0.4, -0.2) is 33.5 Å². The normalized spacial score (nSPS) is 15.0. The number of hydrogen-bond donors (Lipinski definition) is 2. The van der Waals surface area contributed by atoms with Crippen LogP contribution in [0.5, 0.6) is 11.5 Å². The number of aromatic hydroxyl groups is 1. The molecule has 0 aromatic heterocycles. The summed E-state index contributed by atoms with van der Waals surface area (Å²) in [6, 6.07) is 9.31. The van der Waals surface area contributed by atoms with Crippen molar-refractivity contribution in [3.63, 3.8) is 0 Å². The number of imide groups is 1.